The van der Waals surface area contributed by atoms with Crippen molar-refractivity contribution in [3.63, 3.8) is 0 Å². The first-order valence-electron chi connectivity index (χ1n) is 10.2. The first kappa shape index (κ1) is 21.8. The molecule has 3 rings (SSSR count). The Morgan fingerprint density at radius 1 is 1.17 bits per heavy atom. The van der Waals surface area contributed by atoms with Crippen LogP contribution < -0.4 is 0 Å². The molecule has 1 aromatic carbocycles. The molecule has 30 heavy (non-hydrogen) atoms. The fourth-order valence-corrected chi connectivity index (χ4v) is 3.57. The number of rotatable bonds is 4. The largest absolute Gasteiger partial charge is 0.462 e. The molecule has 162 valence electrons. The minimum Gasteiger partial charge on any atom is -0.462 e. The molecule has 8 heteroatoms. The summed E-state index contributed by atoms with van der Waals surface area (Å²) in [7, 11) is 0. The number of carbonyl (C=O) groups excluding carboxylic acids is 2. The van der Waals surface area contributed by atoms with Gasteiger partial charge in [-0.25, -0.2) is 18.7 Å². The summed E-state index contributed by atoms with van der Waals surface area (Å²) in [6.07, 6.45) is 2.46. The van der Waals surface area contributed by atoms with Gasteiger partial charge in [-0.2, -0.15) is 5.10 Å². The Morgan fingerprint density at radius 3 is 2.37 bits per heavy atom. The second-order valence-corrected chi connectivity index (χ2v) is 8.29. The SMILES string of the molecule is CCOC(=O)c1cnn(-c2ccc(F)cc2)c1C1CCN(C(=O)OC(C)(C)C)CC1. The predicted octanol–water partition coefficient (Wildman–Crippen LogP) is 4.30. The van der Waals surface area contributed by atoms with Crippen LogP contribution in [0, 0.1) is 5.82 Å². The lowest BCUT2D eigenvalue weighted by molar-refractivity contribution is 0.0202. The first-order chi connectivity index (χ1) is 14.2. The Hall–Kier alpha value is -2.90. The zero-order chi connectivity index (χ0) is 21.9. The maximum atomic E-state index is 13.4. The molecule has 0 N–H and O–H groups in total. The van der Waals surface area contributed by atoms with Gasteiger partial charge in [0.2, 0.25) is 0 Å². The second-order valence-electron chi connectivity index (χ2n) is 8.29. The van der Waals surface area contributed by atoms with Crippen LogP contribution in [-0.4, -0.2) is 52.0 Å². The van der Waals surface area contributed by atoms with Gasteiger partial charge in [0.1, 0.15) is 17.0 Å². The van der Waals surface area contributed by atoms with Gasteiger partial charge < -0.3 is 14.4 Å². The van der Waals surface area contributed by atoms with Gasteiger partial charge in [0.05, 0.1) is 24.2 Å². The highest BCUT2D eigenvalue weighted by molar-refractivity contribution is 5.90. The maximum Gasteiger partial charge on any atom is 0.410 e. The molecule has 7 nitrogen and oxygen atoms in total. The first-order valence-corrected chi connectivity index (χ1v) is 10.2. The number of ether oxygens (including phenoxy) is 2. The number of hydrogen-bond donors (Lipinski definition) is 0. The third-order valence-corrected chi connectivity index (χ3v) is 4.91. The van der Waals surface area contributed by atoms with Gasteiger partial charge in [0.25, 0.3) is 0 Å². The molecule has 2 aromatic rings. The summed E-state index contributed by atoms with van der Waals surface area (Å²) in [5, 5.41) is 4.39. The zero-order valence-electron chi connectivity index (χ0n) is 17.9. The van der Waals surface area contributed by atoms with E-state index in [0.717, 1.165) is 5.69 Å². The molecule has 0 unspecified atom stereocenters. The molecule has 0 saturated carbocycles. The fourth-order valence-electron chi connectivity index (χ4n) is 3.57. The number of aromatic nitrogens is 2. The lowest BCUT2D eigenvalue weighted by Crippen LogP contribution is -2.41. The number of hydrogen-bond acceptors (Lipinski definition) is 5. The number of esters is 1. The summed E-state index contributed by atoms with van der Waals surface area (Å²) >= 11 is 0. The average molecular weight is 417 g/mol. The summed E-state index contributed by atoms with van der Waals surface area (Å²) in [6.45, 7) is 8.55. The molecule has 1 aliphatic rings. The lowest BCUT2D eigenvalue weighted by atomic mass is 9.91. The van der Waals surface area contributed by atoms with Crippen molar-refractivity contribution in [2.24, 2.45) is 0 Å². The van der Waals surface area contributed by atoms with Crippen molar-refractivity contribution < 1.29 is 23.5 Å². The monoisotopic (exact) mass is 417 g/mol. The van der Waals surface area contributed by atoms with E-state index in [4.69, 9.17) is 9.47 Å². The second kappa shape index (κ2) is 8.85. The van der Waals surface area contributed by atoms with Crippen molar-refractivity contribution in [2.45, 2.75) is 52.1 Å². The highest BCUT2D eigenvalue weighted by Crippen LogP contribution is 2.33. The lowest BCUT2D eigenvalue weighted by Gasteiger charge is -2.33. The average Bonchev–Trinajstić information content (AvgIpc) is 3.13. The van der Waals surface area contributed by atoms with Gasteiger partial charge in [-0.05, 0) is 64.8 Å². The Kier molecular flexibility index (Phi) is 6.43. The molecule has 0 bridgehead atoms. The van der Waals surface area contributed by atoms with Crippen LogP contribution in [0.2, 0.25) is 0 Å². The van der Waals surface area contributed by atoms with Crippen LogP contribution in [0.5, 0.6) is 0 Å². The number of benzene rings is 1. The minimum absolute atomic E-state index is 0.00403. The van der Waals surface area contributed by atoms with Gasteiger partial charge in [-0.15, -0.1) is 0 Å². The van der Waals surface area contributed by atoms with Crippen molar-refractivity contribution in [1.82, 2.24) is 14.7 Å². The van der Waals surface area contributed by atoms with E-state index in [1.54, 1.807) is 28.6 Å². The van der Waals surface area contributed by atoms with Gasteiger partial charge >= 0.3 is 12.1 Å². The Labute approximate surface area is 175 Å². The van der Waals surface area contributed by atoms with Crippen LogP contribution in [-0.2, 0) is 9.47 Å². The molecular formula is C22H28FN3O4. The van der Waals surface area contributed by atoms with E-state index in [1.807, 2.05) is 20.8 Å². The standard InChI is InChI=1S/C22H28FN3O4/c1-5-29-20(27)18-14-24-26(17-8-6-16(23)7-9-17)19(18)15-10-12-25(13-11-15)21(28)30-22(2,3)4/h6-9,14-15H,5,10-13H2,1-4H3. The molecule has 1 aromatic heterocycles. The summed E-state index contributed by atoms with van der Waals surface area (Å²) in [6, 6.07) is 5.96. The molecule has 1 aliphatic heterocycles. The van der Waals surface area contributed by atoms with Crippen LogP contribution in [0.4, 0.5) is 9.18 Å². The molecule has 0 spiro atoms. The molecule has 1 amide bonds. The van der Waals surface area contributed by atoms with E-state index in [0.29, 0.717) is 37.2 Å². The minimum atomic E-state index is -0.549. The molecule has 0 radical (unpaired) electrons. The fraction of sp³-hybridized carbons (Fsp3) is 0.500. The van der Waals surface area contributed by atoms with E-state index >= 15 is 0 Å². The van der Waals surface area contributed by atoms with Gasteiger partial charge in [0.15, 0.2) is 0 Å². The van der Waals surface area contributed by atoms with Crippen molar-refractivity contribution in [3.8, 4) is 5.69 Å². The summed E-state index contributed by atoms with van der Waals surface area (Å²) in [5.74, 6) is -0.783. The number of nitrogens with zero attached hydrogens (tertiary/aromatic N) is 3. The van der Waals surface area contributed by atoms with Crippen molar-refractivity contribution in [1.29, 1.82) is 0 Å². The van der Waals surface area contributed by atoms with Gasteiger partial charge in [0, 0.05) is 19.0 Å². The summed E-state index contributed by atoms with van der Waals surface area (Å²) in [5.41, 5.74) is 1.24. The molecule has 0 aliphatic carbocycles. The highest BCUT2D eigenvalue weighted by atomic mass is 19.1. The van der Waals surface area contributed by atoms with Crippen LogP contribution >= 0.6 is 0 Å². The predicted molar refractivity (Wildman–Crippen MR) is 109 cm³/mol. The quantitative estimate of drug-likeness (QED) is 0.694. The van der Waals surface area contributed by atoms with Crippen LogP contribution in [0.15, 0.2) is 30.5 Å². The Morgan fingerprint density at radius 2 is 1.80 bits per heavy atom. The smallest absolute Gasteiger partial charge is 0.410 e. The van der Waals surface area contributed by atoms with Crippen molar-refractivity contribution >= 4 is 12.1 Å². The van der Waals surface area contributed by atoms with E-state index in [9.17, 15) is 14.0 Å². The highest BCUT2D eigenvalue weighted by Gasteiger charge is 2.32. The van der Waals surface area contributed by atoms with Crippen molar-refractivity contribution in [3.05, 3.63) is 47.5 Å². The molecule has 2 heterocycles. The van der Waals surface area contributed by atoms with Crippen molar-refractivity contribution in [2.75, 3.05) is 19.7 Å². The summed E-state index contributed by atoms with van der Waals surface area (Å²) in [4.78, 5) is 26.6. The van der Waals surface area contributed by atoms with Crippen LogP contribution in [0.25, 0.3) is 5.69 Å². The van der Waals surface area contributed by atoms with E-state index in [2.05, 4.69) is 5.10 Å². The molecular weight excluding hydrogens is 389 g/mol. The zero-order valence-corrected chi connectivity index (χ0v) is 17.9. The Balaban J connectivity index is 1.85. The number of likely N-dealkylation sites (tertiary alicyclic amines) is 1. The van der Waals surface area contributed by atoms with E-state index in [-0.39, 0.29) is 24.4 Å². The Bertz CT molecular complexity index is 894. The number of piperidine rings is 1. The van der Waals surface area contributed by atoms with Gasteiger partial charge in [-0.1, -0.05) is 0 Å². The van der Waals surface area contributed by atoms with Crippen LogP contribution in [0.1, 0.15) is 62.5 Å². The summed E-state index contributed by atoms with van der Waals surface area (Å²) < 4.78 is 25.7. The van der Waals surface area contributed by atoms with Gasteiger partial charge in [-0.3, -0.25) is 0 Å². The van der Waals surface area contributed by atoms with E-state index in [1.165, 1.54) is 18.3 Å². The number of halogens is 1. The number of amides is 1. The third kappa shape index (κ3) is 4.98. The molecule has 1 fully saturated rings. The van der Waals surface area contributed by atoms with E-state index < -0.39 is 11.6 Å². The third-order valence-electron chi connectivity index (χ3n) is 4.91. The maximum absolute atomic E-state index is 13.4. The normalized spacial score (nSPS) is 15.2. The topological polar surface area (TPSA) is 73.7 Å². The molecule has 0 atom stereocenters. The number of carbonyl (C=O) groups is 2. The molecule has 1 saturated heterocycles. The van der Waals surface area contributed by atoms with Crippen LogP contribution in [0.3, 0.4) is 0 Å².